The van der Waals surface area contributed by atoms with Gasteiger partial charge < -0.3 is 0 Å². The Morgan fingerprint density at radius 3 is 2.38 bits per heavy atom. The van der Waals surface area contributed by atoms with Crippen molar-refractivity contribution in [2.75, 3.05) is 13.1 Å². The molecule has 1 unspecified atom stereocenters. The van der Waals surface area contributed by atoms with Gasteiger partial charge in [0.25, 0.3) is 0 Å². The lowest BCUT2D eigenvalue weighted by Gasteiger charge is -2.15. The number of benzene rings is 2. The van der Waals surface area contributed by atoms with Crippen LogP contribution in [0.2, 0.25) is 0 Å². The van der Waals surface area contributed by atoms with E-state index in [4.69, 9.17) is 2.74 Å². The van der Waals surface area contributed by atoms with E-state index in [1.165, 1.54) is 4.31 Å². The lowest BCUT2D eigenvalue weighted by Crippen LogP contribution is -2.28. The molecule has 136 valence electrons. The molecular formula is C22H25NO2S. The second kappa shape index (κ2) is 7.60. The molecule has 1 saturated heterocycles. The summed E-state index contributed by atoms with van der Waals surface area (Å²) in [6.45, 7) is 5.93. The Labute approximate surface area is 159 Å². The number of hydrogen-bond donors (Lipinski definition) is 0. The van der Waals surface area contributed by atoms with Gasteiger partial charge in [0.15, 0.2) is 0 Å². The molecule has 1 atom stereocenters. The molecule has 2 aromatic rings. The van der Waals surface area contributed by atoms with Crippen LogP contribution in [0.1, 0.15) is 27.7 Å². The largest absolute Gasteiger partial charge is 0.243 e. The summed E-state index contributed by atoms with van der Waals surface area (Å²) >= 11 is 0. The number of rotatable bonds is 4. The van der Waals surface area contributed by atoms with Gasteiger partial charge in [0.2, 0.25) is 10.0 Å². The van der Waals surface area contributed by atoms with Crippen molar-refractivity contribution in [3.8, 4) is 0 Å². The first-order valence-electron chi connectivity index (χ1n) is 9.67. The van der Waals surface area contributed by atoms with Crippen LogP contribution in [0.5, 0.6) is 0 Å². The van der Waals surface area contributed by atoms with Crippen molar-refractivity contribution in [2.45, 2.75) is 25.7 Å². The standard InChI is InChI=1S/C22H25NO2S/c1-17(2)13-20-15-23(16-21(20)14-19-7-5-4-6-8-19)26(24,25)22-11-9-18(3)10-12-22/h4-14,20H,15-16H2,1-3H3/b21-14+/i13D,14D. The van der Waals surface area contributed by atoms with Crippen LogP contribution in [0.4, 0.5) is 0 Å². The van der Waals surface area contributed by atoms with E-state index in [9.17, 15) is 8.42 Å². The lowest BCUT2D eigenvalue weighted by atomic mass is 9.98. The molecule has 26 heavy (non-hydrogen) atoms. The minimum Gasteiger partial charge on any atom is -0.207 e. The van der Waals surface area contributed by atoms with Gasteiger partial charge in [0.1, 0.15) is 0 Å². The first kappa shape index (κ1) is 16.0. The summed E-state index contributed by atoms with van der Waals surface area (Å²) in [5, 5.41) is 0. The molecule has 3 nitrogen and oxygen atoms in total. The van der Waals surface area contributed by atoms with Crippen LogP contribution in [0.25, 0.3) is 6.05 Å². The zero-order valence-electron chi connectivity index (χ0n) is 17.4. The summed E-state index contributed by atoms with van der Waals surface area (Å²) in [7, 11) is -3.69. The molecule has 0 amide bonds. The van der Waals surface area contributed by atoms with Gasteiger partial charge in [0, 0.05) is 19.0 Å². The van der Waals surface area contributed by atoms with Gasteiger partial charge in [-0.05, 0) is 44.0 Å². The van der Waals surface area contributed by atoms with E-state index in [0.29, 0.717) is 17.7 Å². The molecule has 0 aliphatic carbocycles. The molecule has 0 radical (unpaired) electrons. The van der Waals surface area contributed by atoms with Gasteiger partial charge in [-0.15, -0.1) is 0 Å². The first-order chi connectivity index (χ1) is 13.2. The van der Waals surface area contributed by atoms with Gasteiger partial charge in [-0.1, -0.05) is 65.7 Å². The van der Waals surface area contributed by atoms with Crippen molar-refractivity contribution in [3.05, 3.63) is 82.9 Å². The molecule has 0 spiro atoms. The maximum Gasteiger partial charge on any atom is 0.243 e. The molecule has 0 aromatic heterocycles. The van der Waals surface area contributed by atoms with E-state index >= 15 is 0 Å². The van der Waals surface area contributed by atoms with E-state index in [1.54, 1.807) is 24.3 Å². The lowest BCUT2D eigenvalue weighted by molar-refractivity contribution is 0.471. The fraction of sp³-hybridized carbons (Fsp3) is 0.273. The minimum atomic E-state index is -3.69. The predicted octanol–water partition coefficient (Wildman–Crippen LogP) is 4.67. The van der Waals surface area contributed by atoms with E-state index in [1.807, 2.05) is 51.1 Å². The van der Waals surface area contributed by atoms with Crippen molar-refractivity contribution in [3.63, 3.8) is 0 Å². The molecule has 0 bridgehead atoms. The molecule has 0 saturated carbocycles. The number of allylic oxidation sites excluding steroid dienone is 1. The summed E-state index contributed by atoms with van der Waals surface area (Å²) in [6.07, 6.45) is 0. The van der Waals surface area contributed by atoms with E-state index < -0.39 is 15.9 Å². The summed E-state index contributed by atoms with van der Waals surface area (Å²) in [5.41, 5.74) is 3.24. The topological polar surface area (TPSA) is 37.4 Å². The molecule has 0 N–H and O–H groups in total. The van der Waals surface area contributed by atoms with Crippen molar-refractivity contribution < 1.29 is 11.2 Å². The van der Waals surface area contributed by atoms with Crippen LogP contribution in [-0.2, 0) is 10.0 Å². The van der Waals surface area contributed by atoms with Crippen LogP contribution < -0.4 is 0 Å². The number of sulfonamides is 1. The SMILES string of the molecule is [2H]C(=C(C)C)C1CN(S(=O)(=O)c2ccc(C)cc2)C/C1=C(/[2H])c1ccccc1. The summed E-state index contributed by atoms with van der Waals surface area (Å²) < 4.78 is 44.8. The van der Waals surface area contributed by atoms with Gasteiger partial charge >= 0.3 is 0 Å². The van der Waals surface area contributed by atoms with E-state index in [2.05, 4.69) is 0 Å². The Hall–Kier alpha value is -2.17. The second-order valence-corrected chi connectivity index (χ2v) is 8.76. The molecule has 1 aliphatic rings. The van der Waals surface area contributed by atoms with Crippen LogP contribution in [0, 0.1) is 12.8 Å². The third kappa shape index (κ3) is 4.14. The predicted molar refractivity (Wildman–Crippen MR) is 107 cm³/mol. The zero-order chi connectivity index (χ0) is 20.5. The van der Waals surface area contributed by atoms with Gasteiger partial charge in [-0.25, -0.2) is 8.42 Å². The average molecular weight is 370 g/mol. The highest BCUT2D eigenvalue weighted by Crippen LogP contribution is 2.31. The average Bonchev–Trinajstić information content (AvgIpc) is 3.14. The smallest absolute Gasteiger partial charge is 0.207 e. The fourth-order valence-corrected chi connectivity index (χ4v) is 4.47. The Kier molecular flexibility index (Phi) is 4.69. The summed E-state index contributed by atoms with van der Waals surface area (Å²) in [5.74, 6) is -0.405. The molecule has 3 rings (SSSR count). The Bertz CT molecular complexity index is 1020. The van der Waals surface area contributed by atoms with Crippen molar-refractivity contribution in [1.29, 1.82) is 0 Å². The first-order valence-corrected chi connectivity index (χ1v) is 10.1. The summed E-state index contributed by atoms with van der Waals surface area (Å²) in [6, 6.07) is 16.8. The molecule has 1 fully saturated rings. The van der Waals surface area contributed by atoms with Gasteiger partial charge in [-0.3, -0.25) is 0 Å². The number of hydrogen-bond acceptors (Lipinski definition) is 2. The van der Waals surface area contributed by atoms with Crippen LogP contribution in [0.15, 0.2) is 76.7 Å². The second-order valence-electron chi connectivity index (χ2n) is 6.82. The third-order valence-electron chi connectivity index (χ3n) is 4.35. The number of aryl methyl sites for hydroxylation is 1. The molecule has 2 aromatic carbocycles. The highest BCUT2D eigenvalue weighted by atomic mass is 32.2. The van der Waals surface area contributed by atoms with Crippen LogP contribution in [-0.4, -0.2) is 25.8 Å². The Morgan fingerprint density at radius 1 is 1.12 bits per heavy atom. The van der Waals surface area contributed by atoms with E-state index in [0.717, 1.165) is 16.7 Å². The third-order valence-corrected chi connectivity index (χ3v) is 6.18. The summed E-state index contributed by atoms with van der Waals surface area (Å²) in [4.78, 5) is 0.244. The Morgan fingerprint density at radius 2 is 1.77 bits per heavy atom. The van der Waals surface area contributed by atoms with Crippen LogP contribution >= 0.6 is 0 Å². The maximum absolute atomic E-state index is 13.2. The quantitative estimate of drug-likeness (QED) is 0.735. The van der Waals surface area contributed by atoms with Gasteiger partial charge in [0.05, 0.1) is 7.64 Å². The van der Waals surface area contributed by atoms with Gasteiger partial charge in [-0.2, -0.15) is 4.31 Å². The maximum atomic E-state index is 13.2. The zero-order valence-corrected chi connectivity index (χ0v) is 16.2. The Balaban J connectivity index is 2.06. The molecule has 1 aliphatic heterocycles. The molecular weight excluding hydrogens is 342 g/mol. The van der Waals surface area contributed by atoms with E-state index in [-0.39, 0.29) is 18.0 Å². The molecule has 1 heterocycles. The van der Waals surface area contributed by atoms with Crippen LogP contribution in [0.3, 0.4) is 0 Å². The van der Waals surface area contributed by atoms with Crippen molar-refractivity contribution in [1.82, 2.24) is 4.31 Å². The van der Waals surface area contributed by atoms with Crippen molar-refractivity contribution >= 4 is 16.1 Å². The monoisotopic (exact) mass is 369 g/mol. The highest BCUT2D eigenvalue weighted by molar-refractivity contribution is 7.89. The number of nitrogens with zero attached hydrogens (tertiary/aromatic N) is 1. The minimum absolute atomic E-state index is 0.129. The normalized spacial score (nSPS) is 21.1. The fourth-order valence-electron chi connectivity index (χ4n) is 3.04. The van der Waals surface area contributed by atoms with Crippen molar-refractivity contribution in [2.24, 2.45) is 5.92 Å². The molecule has 4 heteroatoms. The highest BCUT2D eigenvalue weighted by Gasteiger charge is 2.34.